The highest BCUT2D eigenvalue weighted by Gasteiger charge is 2.24. The molecule has 0 aromatic heterocycles. The summed E-state index contributed by atoms with van der Waals surface area (Å²) >= 11 is 0. The van der Waals surface area contributed by atoms with Crippen LogP contribution in [-0.4, -0.2) is 19.8 Å². The second-order valence-corrected chi connectivity index (χ2v) is 4.84. The summed E-state index contributed by atoms with van der Waals surface area (Å²) in [5.74, 6) is 0.598. The first-order chi connectivity index (χ1) is 9.11. The maximum Gasteiger partial charge on any atom is 0.387 e. The van der Waals surface area contributed by atoms with E-state index in [1.54, 1.807) is 12.1 Å². The third kappa shape index (κ3) is 3.35. The number of hydrogen-bond acceptors (Lipinski definition) is 3. The van der Waals surface area contributed by atoms with Crippen molar-refractivity contribution in [2.45, 2.75) is 44.3 Å². The van der Waals surface area contributed by atoms with Gasteiger partial charge in [-0.3, -0.25) is 0 Å². The van der Waals surface area contributed by atoms with Crippen LogP contribution in [-0.2, 0) is 0 Å². The van der Waals surface area contributed by atoms with Crippen molar-refractivity contribution in [3.05, 3.63) is 23.8 Å². The number of halogens is 2. The van der Waals surface area contributed by atoms with Gasteiger partial charge in [-0.2, -0.15) is 8.78 Å². The molecule has 106 valence electrons. The van der Waals surface area contributed by atoms with Gasteiger partial charge in [-0.25, -0.2) is 0 Å². The standard InChI is InChI=1S/C14H19F2NO2/c1-18-12-7-6-9(8-13(12)19-14(15)16)10-4-2-3-5-11(10)17/h6-8,10-11,14H,2-5,17H2,1H3/t10-,11-/m1/s1. The minimum Gasteiger partial charge on any atom is -0.493 e. The number of ether oxygens (including phenoxy) is 2. The van der Waals surface area contributed by atoms with Gasteiger partial charge in [0.2, 0.25) is 0 Å². The molecule has 3 nitrogen and oxygen atoms in total. The van der Waals surface area contributed by atoms with Gasteiger partial charge >= 0.3 is 6.61 Å². The van der Waals surface area contributed by atoms with E-state index in [0.29, 0.717) is 5.75 Å². The zero-order valence-corrected chi connectivity index (χ0v) is 10.9. The second kappa shape index (κ2) is 6.19. The maximum atomic E-state index is 12.4. The Kier molecular flexibility index (Phi) is 4.58. The van der Waals surface area contributed by atoms with E-state index in [2.05, 4.69) is 4.74 Å². The first-order valence-electron chi connectivity index (χ1n) is 6.50. The largest absolute Gasteiger partial charge is 0.493 e. The molecule has 0 unspecified atom stereocenters. The van der Waals surface area contributed by atoms with Crippen LogP contribution in [0.5, 0.6) is 11.5 Å². The van der Waals surface area contributed by atoms with Crippen molar-refractivity contribution in [1.29, 1.82) is 0 Å². The van der Waals surface area contributed by atoms with Crippen molar-refractivity contribution < 1.29 is 18.3 Å². The molecule has 5 heteroatoms. The lowest BCUT2D eigenvalue weighted by Crippen LogP contribution is -2.31. The number of alkyl halides is 2. The fourth-order valence-electron chi connectivity index (χ4n) is 2.69. The molecular formula is C14H19F2NO2. The average Bonchev–Trinajstić information content (AvgIpc) is 2.38. The van der Waals surface area contributed by atoms with Crippen LogP contribution in [0.3, 0.4) is 0 Å². The zero-order chi connectivity index (χ0) is 13.8. The van der Waals surface area contributed by atoms with Gasteiger partial charge in [0.1, 0.15) is 0 Å². The van der Waals surface area contributed by atoms with E-state index in [9.17, 15) is 8.78 Å². The van der Waals surface area contributed by atoms with Crippen molar-refractivity contribution >= 4 is 0 Å². The van der Waals surface area contributed by atoms with E-state index in [1.807, 2.05) is 6.07 Å². The van der Waals surface area contributed by atoms with Crippen LogP contribution < -0.4 is 15.2 Å². The van der Waals surface area contributed by atoms with E-state index in [4.69, 9.17) is 10.5 Å². The molecular weight excluding hydrogens is 252 g/mol. The highest BCUT2D eigenvalue weighted by molar-refractivity contribution is 5.44. The molecule has 0 bridgehead atoms. The van der Waals surface area contributed by atoms with Crippen LogP contribution >= 0.6 is 0 Å². The van der Waals surface area contributed by atoms with Crippen molar-refractivity contribution in [3.8, 4) is 11.5 Å². The molecule has 0 saturated heterocycles. The lowest BCUT2D eigenvalue weighted by Gasteiger charge is -2.29. The van der Waals surface area contributed by atoms with Crippen molar-refractivity contribution in [2.24, 2.45) is 5.73 Å². The summed E-state index contributed by atoms with van der Waals surface area (Å²) < 4.78 is 34.3. The topological polar surface area (TPSA) is 44.5 Å². The van der Waals surface area contributed by atoms with Crippen LogP contribution in [0.2, 0.25) is 0 Å². The Bertz CT molecular complexity index is 426. The first kappa shape index (κ1) is 14.1. The van der Waals surface area contributed by atoms with E-state index in [-0.39, 0.29) is 17.7 Å². The summed E-state index contributed by atoms with van der Waals surface area (Å²) in [6.45, 7) is -2.86. The van der Waals surface area contributed by atoms with Crippen LogP contribution in [0.25, 0.3) is 0 Å². The Morgan fingerprint density at radius 3 is 2.58 bits per heavy atom. The average molecular weight is 271 g/mol. The van der Waals surface area contributed by atoms with Gasteiger partial charge < -0.3 is 15.2 Å². The molecule has 1 saturated carbocycles. The quantitative estimate of drug-likeness (QED) is 0.914. The van der Waals surface area contributed by atoms with Crippen molar-refractivity contribution in [1.82, 2.24) is 0 Å². The van der Waals surface area contributed by atoms with Gasteiger partial charge in [0.15, 0.2) is 11.5 Å². The summed E-state index contributed by atoms with van der Waals surface area (Å²) in [6, 6.07) is 5.25. The Morgan fingerprint density at radius 1 is 1.21 bits per heavy atom. The summed E-state index contributed by atoms with van der Waals surface area (Å²) in [7, 11) is 1.43. The second-order valence-electron chi connectivity index (χ2n) is 4.84. The molecule has 2 atom stereocenters. The van der Waals surface area contributed by atoms with Crippen LogP contribution in [0.1, 0.15) is 37.2 Å². The Morgan fingerprint density at radius 2 is 1.95 bits per heavy atom. The molecule has 1 aliphatic rings. The molecule has 1 aromatic carbocycles. The third-order valence-corrected chi connectivity index (χ3v) is 3.65. The first-order valence-corrected chi connectivity index (χ1v) is 6.50. The predicted molar refractivity (Wildman–Crippen MR) is 68.8 cm³/mol. The van der Waals surface area contributed by atoms with Crippen molar-refractivity contribution in [2.75, 3.05) is 7.11 Å². The number of benzene rings is 1. The minimum absolute atomic E-state index is 0.0766. The highest BCUT2D eigenvalue weighted by Crippen LogP contribution is 2.37. The fraction of sp³-hybridized carbons (Fsp3) is 0.571. The van der Waals surface area contributed by atoms with Gasteiger partial charge in [-0.15, -0.1) is 0 Å². The summed E-state index contributed by atoms with van der Waals surface area (Å²) in [6.07, 6.45) is 4.22. The molecule has 1 aliphatic carbocycles. The van der Waals surface area contributed by atoms with Gasteiger partial charge in [0, 0.05) is 6.04 Å². The highest BCUT2D eigenvalue weighted by atomic mass is 19.3. The lowest BCUT2D eigenvalue weighted by atomic mass is 9.80. The van der Waals surface area contributed by atoms with E-state index < -0.39 is 6.61 Å². The maximum absolute atomic E-state index is 12.4. The van der Waals surface area contributed by atoms with E-state index >= 15 is 0 Å². The van der Waals surface area contributed by atoms with Crippen LogP contribution in [0.15, 0.2) is 18.2 Å². The van der Waals surface area contributed by atoms with Gasteiger partial charge in [-0.1, -0.05) is 18.9 Å². The lowest BCUT2D eigenvalue weighted by molar-refractivity contribution is -0.0512. The predicted octanol–water partition coefficient (Wildman–Crippen LogP) is 3.28. The monoisotopic (exact) mass is 271 g/mol. The molecule has 2 N–H and O–H groups in total. The Labute approximate surface area is 111 Å². The zero-order valence-electron chi connectivity index (χ0n) is 10.9. The molecule has 19 heavy (non-hydrogen) atoms. The normalized spacial score (nSPS) is 23.4. The Balaban J connectivity index is 2.25. The Hall–Kier alpha value is -1.36. The molecule has 1 aromatic rings. The summed E-state index contributed by atoms with van der Waals surface area (Å²) in [5.41, 5.74) is 7.06. The molecule has 1 fully saturated rings. The number of nitrogens with two attached hydrogens (primary N) is 1. The molecule has 0 spiro atoms. The summed E-state index contributed by atoms with van der Waals surface area (Å²) in [5, 5.41) is 0. The van der Waals surface area contributed by atoms with E-state index in [1.165, 1.54) is 7.11 Å². The number of rotatable bonds is 4. The van der Waals surface area contributed by atoms with E-state index in [0.717, 1.165) is 31.2 Å². The number of methoxy groups -OCH3 is 1. The smallest absolute Gasteiger partial charge is 0.387 e. The molecule has 0 heterocycles. The van der Waals surface area contributed by atoms with Gasteiger partial charge in [0.05, 0.1) is 7.11 Å². The van der Waals surface area contributed by atoms with Gasteiger partial charge in [-0.05, 0) is 36.5 Å². The SMILES string of the molecule is COc1ccc([C@H]2CCCC[C@H]2N)cc1OC(F)F. The van der Waals surface area contributed by atoms with Gasteiger partial charge in [0.25, 0.3) is 0 Å². The fourth-order valence-corrected chi connectivity index (χ4v) is 2.69. The van der Waals surface area contributed by atoms with Crippen LogP contribution in [0, 0.1) is 0 Å². The number of hydrogen-bond donors (Lipinski definition) is 1. The third-order valence-electron chi connectivity index (χ3n) is 3.65. The molecule has 0 amide bonds. The summed E-state index contributed by atoms with van der Waals surface area (Å²) in [4.78, 5) is 0. The minimum atomic E-state index is -2.86. The molecule has 0 radical (unpaired) electrons. The van der Waals surface area contributed by atoms with Crippen LogP contribution in [0.4, 0.5) is 8.78 Å². The molecule has 0 aliphatic heterocycles. The van der Waals surface area contributed by atoms with Crippen molar-refractivity contribution in [3.63, 3.8) is 0 Å². The molecule has 2 rings (SSSR count).